The number of hydrogen-bond donors (Lipinski definition) is 2. The number of alkyl halides is 3. The number of anilines is 1. The van der Waals surface area contributed by atoms with Crippen molar-refractivity contribution in [3.8, 4) is 17.5 Å². The maximum atomic E-state index is 12.8. The highest BCUT2D eigenvalue weighted by atomic mass is 35.5. The molecule has 0 bridgehead atoms. The van der Waals surface area contributed by atoms with Gasteiger partial charge in [0, 0.05) is 24.3 Å². The van der Waals surface area contributed by atoms with Crippen molar-refractivity contribution >= 4 is 23.3 Å². The first-order valence-corrected chi connectivity index (χ1v) is 9.18. The van der Waals surface area contributed by atoms with Crippen LogP contribution in [-0.4, -0.2) is 21.0 Å². The molecule has 1 unspecified atom stereocenters. The number of benzene rings is 1. The fourth-order valence-corrected chi connectivity index (χ4v) is 3.01. The Morgan fingerprint density at radius 1 is 1.16 bits per heavy atom. The van der Waals surface area contributed by atoms with Crippen LogP contribution < -0.4 is 10.6 Å². The van der Waals surface area contributed by atoms with Gasteiger partial charge in [-0.05, 0) is 37.3 Å². The van der Waals surface area contributed by atoms with Gasteiger partial charge in [0.1, 0.15) is 11.8 Å². The number of nitrogens with one attached hydrogen (secondary N) is 2. The van der Waals surface area contributed by atoms with Gasteiger partial charge >= 0.3 is 12.2 Å². The van der Waals surface area contributed by atoms with E-state index in [1.807, 2.05) is 6.07 Å². The molecular formula is C20H14ClF3N6O. The molecule has 0 saturated carbocycles. The van der Waals surface area contributed by atoms with E-state index in [1.54, 1.807) is 19.1 Å². The van der Waals surface area contributed by atoms with Crippen LogP contribution in [0.25, 0.3) is 11.4 Å². The number of amides is 2. The Balaban J connectivity index is 1.75. The third-order valence-corrected chi connectivity index (χ3v) is 4.46. The minimum Gasteiger partial charge on any atom is -0.330 e. The van der Waals surface area contributed by atoms with E-state index in [0.29, 0.717) is 22.6 Å². The molecule has 0 aliphatic carbocycles. The first kappa shape index (κ1) is 22.0. The lowest BCUT2D eigenvalue weighted by Gasteiger charge is -2.17. The Morgan fingerprint density at radius 3 is 2.52 bits per heavy atom. The standard InChI is InChI=1S/C20H14ClF3N6O/c1-11(17-18(27-7-6-26-17)16-5-2-12(9-25)10-28-16)29-19(31)30-13-3-4-14(15(21)8-13)20(22,23)24/h2-8,10-11H,1H3,(H2,29,30,31). The van der Waals surface area contributed by atoms with Gasteiger partial charge in [-0.3, -0.25) is 15.0 Å². The van der Waals surface area contributed by atoms with Crippen LogP contribution in [0.15, 0.2) is 48.9 Å². The van der Waals surface area contributed by atoms with E-state index in [9.17, 15) is 18.0 Å². The normalized spacial score (nSPS) is 12.0. The molecule has 2 heterocycles. The number of nitrogens with zero attached hydrogens (tertiary/aromatic N) is 4. The topological polar surface area (TPSA) is 104 Å². The van der Waals surface area contributed by atoms with Crippen LogP contribution in [0, 0.1) is 11.3 Å². The third-order valence-electron chi connectivity index (χ3n) is 4.15. The Morgan fingerprint density at radius 2 is 1.90 bits per heavy atom. The van der Waals surface area contributed by atoms with Crippen LogP contribution in [0.1, 0.15) is 29.8 Å². The van der Waals surface area contributed by atoms with Crippen LogP contribution in [-0.2, 0) is 6.18 Å². The fraction of sp³-hybridized carbons (Fsp3) is 0.150. The minimum atomic E-state index is -4.59. The van der Waals surface area contributed by atoms with Crippen molar-refractivity contribution in [3.05, 3.63) is 70.8 Å². The molecule has 3 aromatic rings. The number of hydrogen-bond acceptors (Lipinski definition) is 5. The molecule has 0 radical (unpaired) electrons. The third kappa shape index (κ3) is 5.26. The van der Waals surface area contributed by atoms with Crippen LogP contribution in [0.3, 0.4) is 0 Å². The van der Waals surface area contributed by atoms with E-state index in [2.05, 4.69) is 25.6 Å². The van der Waals surface area contributed by atoms with E-state index >= 15 is 0 Å². The molecule has 0 aliphatic heterocycles. The molecule has 11 heteroatoms. The van der Waals surface area contributed by atoms with Gasteiger partial charge in [-0.2, -0.15) is 18.4 Å². The van der Waals surface area contributed by atoms with Crippen molar-refractivity contribution in [1.29, 1.82) is 5.26 Å². The van der Waals surface area contributed by atoms with Gasteiger partial charge in [-0.1, -0.05) is 11.6 Å². The number of aromatic nitrogens is 3. The first-order valence-electron chi connectivity index (χ1n) is 8.80. The number of rotatable bonds is 4. The molecule has 3 rings (SSSR count). The largest absolute Gasteiger partial charge is 0.417 e. The van der Waals surface area contributed by atoms with Crippen molar-refractivity contribution in [3.63, 3.8) is 0 Å². The number of carbonyl (C=O) groups excluding carboxylic acids is 1. The average molecular weight is 447 g/mol. The van der Waals surface area contributed by atoms with Crippen molar-refractivity contribution in [2.45, 2.75) is 19.1 Å². The SMILES string of the molecule is CC(NC(=O)Nc1ccc(C(F)(F)F)c(Cl)c1)c1nccnc1-c1ccc(C#N)cn1. The second kappa shape index (κ2) is 8.97. The fourth-order valence-electron chi connectivity index (χ4n) is 2.72. The zero-order valence-corrected chi connectivity index (χ0v) is 16.7. The van der Waals surface area contributed by atoms with E-state index in [0.717, 1.165) is 18.2 Å². The molecular weight excluding hydrogens is 433 g/mol. The molecule has 1 atom stereocenters. The van der Waals surface area contributed by atoms with E-state index in [-0.39, 0.29) is 5.69 Å². The zero-order valence-electron chi connectivity index (χ0n) is 15.9. The summed E-state index contributed by atoms with van der Waals surface area (Å²) in [4.78, 5) is 25.0. The Hall–Kier alpha value is -3.71. The second-order valence-electron chi connectivity index (χ2n) is 6.35. The molecule has 2 aromatic heterocycles. The first-order chi connectivity index (χ1) is 14.7. The number of pyridine rings is 1. The van der Waals surface area contributed by atoms with Gasteiger partial charge in [-0.25, -0.2) is 4.79 Å². The second-order valence-corrected chi connectivity index (χ2v) is 6.75. The molecule has 7 nitrogen and oxygen atoms in total. The van der Waals surface area contributed by atoms with Gasteiger partial charge in [0.05, 0.1) is 33.6 Å². The number of carbonyl (C=O) groups is 1. The summed E-state index contributed by atoms with van der Waals surface area (Å²) in [7, 11) is 0. The van der Waals surface area contributed by atoms with Crippen LogP contribution in [0.4, 0.5) is 23.7 Å². The van der Waals surface area contributed by atoms with Crippen molar-refractivity contribution in [1.82, 2.24) is 20.3 Å². The number of urea groups is 1. The van der Waals surface area contributed by atoms with Crippen molar-refractivity contribution in [2.75, 3.05) is 5.32 Å². The number of halogens is 4. The van der Waals surface area contributed by atoms with E-state index in [1.165, 1.54) is 18.6 Å². The summed E-state index contributed by atoms with van der Waals surface area (Å²) in [6.07, 6.45) is -0.273. The summed E-state index contributed by atoms with van der Waals surface area (Å²) in [5.41, 5.74) is 0.779. The molecule has 1 aromatic carbocycles. The summed E-state index contributed by atoms with van der Waals surface area (Å²) < 4.78 is 38.4. The number of nitriles is 1. The monoisotopic (exact) mass is 446 g/mol. The Labute approximate surface area is 179 Å². The Bertz CT molecular complexity index is 1140. The lowest BCUT2D eigenvalue weighted by molar-refractivity contribution is -0.137. The maximum Gasteiger partial charge on any atom is 0.417 e. The predicted molar refractivity (Wildman–Crippen MR) is 107 cm³/mol. The highest BCUT2D eigenvalue weighted by molar-refractivity contribution is 6.31. The summed E-state index contributed by atoms with van der Waals surface area (Å²) >= 11 is 5.67. The van der Waals surface area contributed by atoms with Gasteiger partial charge in [0.2, 0.25) is 0 Å². The summed E-state index contributed by atoms with van der Waals surface area (Å²) in [5.74, 6) is 0. The van der Waals surface area contributed by atoms with Gasteiger partial charge in [-0.15, -0.1) is 0 Å². The maximum absolute atomic E-state index is 12.8. The predicted octanol–water partition coefficient (Wildman–Crippen LogP) is 4.97. The van der Waals surface area contributed by atoms with Gasteiger partial charge in [0.25, 0.3) is 0 Å². The van der Waals surface area contributed by atoms with E-state index in [4.69, 9.17) is 16.9 Å². The average Bonchev–Trinajstić information content (AvgIpc) is 2.73. The Kier molecular flexibility index (Phi) is 6.36. The minimum absolute atomic E-state index is 0.0934. The summed E-state index contributed by atoms with van der Waals surface area (Å²) in [5, 5.41) is 13.4. The molecule has 158 valence electrons. The molecule has 0 fully saturated rings. The van der Waals surface area contributed by atoms with Crippen LogP contribution in [0.5, 0.6) is 0 Å². The molecule has 2 amide bonds. The molecule has 0 spiro atoms. The van der Waals surface area contributed by atoms with Crippen LogP contribution in [0.2, 0.25) is 5.02 Å². The van der Waals surface area contributed by atoms with E-state index < -0.39 is 28.8 Å². The van der Waals surface area contributed by atoms with Crippen LogP contribution >= 0.6 is 11.6 Å². The lowest BCUT2D eigenvalue weighted by atomic mass is 10.1. The van der Waals surface area contributed by atoms with Crippen molar-refractivity contribution in [2.24, 2.45) is 0 Å². The summed E-state index contributed by atoms with van der Waals surface area (Å²) in [6, 6.07) is 6.79. The zero-order chi connectivity index (χ0) is 22.6. The summed E-state index contributed by atoms with van der Waals surface area (Å²) in [6.45, 7) is 1.66. The highest BCUT2D eigenvalue weighted by Crippen LogP contribution is 2.35. The smallest absolute Gasteiger partial charge is 0.330 e. The highest BCUT2D eigenvalue weighted by Gasteiger charge is 2.33. The lowest BCUT2D eigenvalue weighted by Crippen LogP contribution is -2.32. The molecule has 0 saturated heterocycles. The van der Waals surface area contributed by atoms with Gasteiger partial charge in [0.15, 0.2) is 0 Å². The quantitative estimate of drug-likeness (QED) is 0.589. The van der Waals surface area contributed by atoms with Gasteiger partial charge < -0.3 is 10.6 Å². The van der Waals surface area contributed by atoms with Crippen molar-refractivity contribution < 1.29 is 18.0 Å². The molecule has 2 N–H and O–H groups in total. The molecule has 31 heavy (non-hydrogen) atoms. The molecule has 0 aliphatic rings.